The van der Waals surface area contributed by atoms with Crippen LogP contribution in [0.25, 0.3) is 5.57 Å². The van der Waals surface area contributed by atoms with Crippen molar-refractivity contribution in [2.75, 3.05) is 20.2 Å². The minimum atomic E-state index is 0.735. The number of likely N-dealkylation sites (N-methyl/N-ethyl adjacent to an activating group) is 1. The molecule has 0 atom stereocenters. The van der Waals surface area contributed by atoms with E-state index < -0.39 is 0 Å². The van der Waals surface area contributed by atoms with Crippen LogP contribution in [0.3, 0.4) is 0 Å². The summed E-state index contributed by atoms with van der Waals surface area (Å²) in [7, 11) is 1.68. The summed E-state index contributed by atoms with van der Waals surface area (Å²) in [5.74, 6) is 0.899. The van der Waals surface area contributed by atoms with Crippen molar-refractivity contribution >= 4 is 5.57 Å². The summed E-state index contributed by atoms with van der Waals surface area (Å²) < 4.78 is 5.28. The second-order valence-electron chi connectivity index (χ2n) is 3.49. The number of rotatable bonds is 6. The fourth-order valence-electron chi connectivity index (χ4n) is 1.36. The molecule has 2 heteroatoms. The maximum absolute atomic E-state index is 5.28. The van der Waals surface area contributed by atoms with Crippen LogP contribution in [0.1, 0.15) is 12.5 Å². The van der Waals surface area contributed by atoms with E-state index in [0.717, 1.165) is 30.0 Å². The van der Waals surface area contributed by atoms with Crippen LogP contribution in [-0.4, -0.2) is 20.2 Å². The number of benzene rings is 1. The molecule has 0 aliphatic carbocycles. The molecule has 0 fully saturated rings. The summed E-state index contributed by atoms with van der Waals surface area (Å²) in [6, 6.07) is 10.1. The lowest BCUT2D eigenvalue weighted by Crippen LogP contribution is -2.17. The highest BCUT2D eigenvalue weighted by molar-refractivity contribution is 5.72. The molecule has 1 aromatic rings. The van der Waals surface area contributed by atoms with Gasteiger partial charge in [0.1, 0.15) is 5.76 Å². The van der Waals surface area contributed by atoms with Crippen LogP contribution < -0.4 is 5.32 Å². The van der Waals surface area contributed by atoms with Crippen LogP contribution in [0, 0.1) is 0 Å². The second-order valence-corrected chi connectivity index (χ2v) is 3.49. The Hall–Kier alpha value is -1.54. The van der Waals surface area contributed by atoms with Crippen molar-refractivity contribution in [1.82, 2.24) is 5.32 Å². The third kappa shape index (κ3) is 3.91. The summed E-state index contributed by atoms with van der Waals surface area (Å²) >= 11 is 0. The lowest BCUT2D eigenvalue weighted by atomic mass is 10.1. The lowest BCUT2D eigenvalue weighted by molar-refractivity contribution is 0.280. The molecule has 0 radical (unpaired) electrons. The van der Waals surface area contributed by atoms with Crippen LogP contribution in [0.4, 0.5) is 0 Å². The van der Waals surface area contributed by atoms with Crippen LogP contribution in [0.5, 0.6) is 0 Å². The van der Waals surface area contributed by atoms with Crippen LogP contribution in [0.2, 0.25) is 0 Å². The van der Waals surface area contributed by atoms with Gasteiger partial charge < -0.3 is 10.1 Å². The van der Waals surface area contributed by atoms with Gasteiger partial charge >= 0.3 is 0 Å². The van der Waals surface area contributed by atoms with Gasteiger partial charge in [-0.1, -0.05) is 43.8 Å². The Kier molecular flexibility index (Phi) is 5.37. The fourth-order valence-corrected chi connectivity index (χ4v) is 1.36. The van der Waals surface area contributed by atoms with Crippen molar-refractivity contribution in [2.45, 2.75) is 6.92 Å². The Bertz CT molecular complexity index is 354. The summed E-state index contributed by atoms with van der Waals surface area (Å²) in [5, 5.41) is 3.22. The van der Waals surface area contributed by atoms with Gasteiger partial charge in [-0.25, -0.2) is 0 Å². The van der Waals surface area contributed by atoms with Gasteiger partial charge in [-0.2, -0.15) is 0 Å². The zero-order chi connectivity index (χ0) is 11.8. The predicted octanol–water partition coefficient (Wildman–Crippen LogP) is 2.84. The standard InChI is InChI=1S/C14H19NO/c1-4-15-11-14(16-3)10-12(2)13-8-6-5-7-9-13/h5-10,15H,2,4,11H2,1,3H3/b14-10-. The average molecular weight is 217 g/mol. The molecular weight excluding hydrogens is 198 g/mol. The first kappa shape index (κ1) is 12.5. The van der Waals surface area contributed by atoms with Crippen molar-refractivity contribution in [3.8, 4) is 0 Å². The third-order valence-electron chi connectivity index (χ3n) is 2.29. The fraction of sp³-hybridized carbons (Fsp3) is 0.286. The first-order valence-corrected chi connectivity index (χ1v) is 5.47. The van der Waals surface area contributed by atoms with Crippen LogP contribution >= 0.6 is 0 Å². The van der Waals surface area contributed by atoms with Gasteiger partial charge in [0, 0.05) is 0 Å². The number of ether oxygens (including phenoxy) is 1. The Morgan fingerprint density at radius 1 is 1.38 bits per heavy atom. The quantitative estimate of drug-likeness (QED) is 0.584. The monoisotopic (exact) mass is 217 g/mol. The van der Waals surface area contributed by atoms with Gasteiger partial charge in [0.05, 0.1) is 13.7 Å². The molecule has 0 amide bonds. The highest BCUT2D eigenvalue weighted by Crippen LogP contribution is 2.14. The van der Waals surface area contributed by atoms with E-state index in [9.17, 15) is 0 Å². The van der Waals surface area contributed by atoms with Gasteiger partial charge in [0.25, 0.3) is 0 Å². The number of nitrogens with one attached hydrogen (secondary N) is 1. The summed E-state index contributed by atoms with van der Waals surface area (Å²) in [4.78, 5) is 0. The molecule has 86 valence electrons. The van der Waals surface area contributed by atoms with Gasteiger partial charge in [-0.15, -0.1) is 0 Å². The summed E-state index contributed by atoms with van der Waals surface area (Å²) in [5.41, 5.74) is 2.09. The van der Waals surface area contributed by atoms with E-state index in [1.54, 1.807) is 7.11 Å². The molecule has 0 aliphatic heterocycles. The van der Waals surface area contributed by atoms with Crippen molar-refractivity contribution in [1.29, 1.82) is 0 Å². The van der Waals surface area contributed by atoms with E-state index in [1.807, 2.05) is 36.4 Å². The maximum Gasteiger partial charge on any atom is 0.110 e. The third-order valence-corrected chi connectivity index (χ3v) is 2.29. The normalized spacial score (nSPS) is 11.2. The second kappa shape index (κ2) is 6.85. The van der Waals surface area contributed by atoms with Crippen LogP contribution in [-0.2, 0) is 4.74 Å². The molecule has 0 aromatic heterocycles. The SMILES string of the molecule is C=C(/C=C(/CNCC)OC)c1ccccc1. The van der Waals surface area contributed by atoms with Crippen LogP contribution in [0.15, 0.2) is 48.7 Å². The van der Waals surface area contributed by atoms with Gasteiger partial charge in [-0.3, -0.25) is 0 Å². The maximum atomic E-state index is 5.28. The van der Waals surface area contributed by atoms with E-state index >= 15 is 0 Å². The van der Waals surface area contributed by atoms with Crippen molar-refractivity contribution in [3.05, 3.63) is 54.3 Å². The van der Waals surface area contributed by atoms with E-state index in [4.69, 9.17) is 4.74 Å². The average Bonchev–Trinajstić information content (AvgIpc) is 2.35. The molecule has 1 aromatic carbocycles. The summed E-state index contributed by atoms with van der Waals surface area (Å²) in [6.45, 7) is 7.77. The first-order valence-electron chi connectivity index (χ1n) is 5.47. The number of hydrogen-bond acceptors (Lipinski definition) is 2. The van der Waals surface area contributed by atoms with E-state index in [-0.39, 0.29) is 0 Å². The van der Waals surface area contributed by atoms with Gasteiger partial charge in [0.15, 0.2) is 0 Å². The first-order chi connectivity index (χ1) is 7.77. The molecule has 1 N–H and O–H groups in total. The molecule has 0 heterocycles. The molecule has 1 rings (SSSR count). The number of hydrogen-bond donors (Lipinski definition) is 1. The Labute approximate surface area is 97.6 Å². The smallest absolute Gasteiger partial charge is 0.110 e. The van der Waals surface area contributed by atoms with Gasteiger partial charge in [-0.05, 0) is 23.8 Å². The molecule has 0 saturated heterocycles. The molecule has 0 aliphatic rings. The molecular formula is C14H19NO. The molecule has 0 saturated carbocycles. The summed E-state index contributed by atoms with van der Waals surface area (Å²) in [6.07, 6.45) is 1.97. The zero-order valence-corrected chi connectivity index (χ0v) is 9.99. The zero-order valence-electron chi connectivity index (χ0n) is 9.99. The van der Waals surface area contributed by atoms with Gasteiger partial charge in [0.2, 0.25) is 0 Å². The lowest BCUT2D eigenvalue weighted by Gasteiger charge is -2.08. The van der Waals surface area contributed by atoms with E-state index in [0.29, 0.717) is 0 Å². The topological polar surface area (TPSA) is 21.3 Å². The Morgan fingerprint density at radius 3 is 2.62 bits per heavy atom. The minimum absolute atomic E-state index is 0.735. The Morgan fingerprint density at radius 2 is 2.06 bits per heavy atom. The molecule has 0 unspecified atom stereocenters. The Balaban J connectivity index is 2.70. The number of methoxy groups -OCH3 is 1. The number of allylic oxidation sites excluding steroid dienone is 2. The molecule has 0 spiro atoms. The van der Waals surface area contributed by atoms with E-state index in [1.165, 1.54) is 0 Å². The van der Waals surface area contributed by atoms with Crippen molar-refractivity contribution in [2.24, 2.45) is 0 Å². The predicted molar refractivity (Wildman–Crippen MR) is 69.1 cm³/mol. The van der Waals surface area contributed by atoms with Crippen molar-refractivity contribution in [3.63, 3.8) is 0 Å². The highest BCUT2D eigenvalue weighted by atomic mass is 16.5. The highest BCUT2D eigenvalue weighted by Gasteiger charge is 1.99. The minimum Gasteiger partial charge on any atom is -0.500 e. The molecule has 16 heavy (non-hydrogen) atoms. The molecule has 2 nitrogen and oxygen atoms in total. The largest absolute Gasteiger partial charge is 0.500 e. The van der Waals surface area contributed by atoms with Crippen molar-refractivity contribution < 1.29 is 4.74 Å². The molecule has 0 bridgehead atoms. The van der Waals surface area contributed by atoms with E-state index in [2.05, 4.69) is 18.8 Å².